The third kappa shape index (κ3) is 1.97. The Morgan fingerprint density at radius 3 is 3.11 bits per heavy atom. The van der Waals surface area contributed by atoms with Crippen molar-refractivity contribution in [2.45, 2.75) is 25.7 Å². The molecular formula is C14H20N4. The number of anilines is 1. The fourth-order valence-corrected chi connectivity index (χ4v) is 2.83. The molecule has 1 aliphatic rings. The van der Waals surface area contributed by atoms with Crippen molar-refractivity contribution in [3.05, 3.63) is 30.1 Å². The zero-order valence-corrected chi connectivity index (χ0v) is 10.8. The Labute approximate surface area is 107 Å². The van der Waals surface area contributed by atoms with Crippen LogP contribution in [-0.4, -0.2) is 33.9 Å². The van der Waals surface area contributed by atoms with E-state index in [-0.39, 0.29) is 0 Å². The molecule has 3 heterocycles. The Morgan fingerprint density at radius 2 is 2.33 bits per heavy atom. The quantitative estimate of drug-likeness (QED) is 0.880. The second-order valence-corrected chi connectivity index (χ2v) is 5.08. The molecule has 0 aliphatic carbocycles. The maximum absolute atomic E-state index is 5.97. The second kappa shape index (κ2) is 4.61. The summed E-state index contributed by atoms with van der Waals surface area (Å²) >= 11 is 0. The highest BCUT2D eigenvalue weighted by Crippen LogP contribution is 2.26. The van der Waals surface area contributed by atoms with Gasteiger partial charge in [-0.3, -0.25) is 4.40 Å². The van der Waals surface area contributed by atoms with Crippen LogP contribution in [0.2, 0.25) is 0 Å². The predicted octanol–water partition coefficient (Wildman–Crippen LogP) is 2.12. The minimum atomic E-state index is 0.554. The maximum Gasteiger partial charge on any atom is 0.138 e. The molecule has 1 saturated heterocycles. The minimum absolute atomic E-state index is 0.554. The van der Waals surface area contributed by atoms with Gasteiger partial charge in [-0.1, -0.05) is 13.0 Å². The zero-order chi connectivity index (χ0) is 12.5. The standard InChI is InChI=1S/C14H20N4/c1-2-17-8-4-5-11(9-17)12-10-18-13(15)6-3-7-14(18)16-12/h3,6-7,10-11H,2,4-5,8-9,15H2,1H3. The summed E-state index contributed by atoms with van der Waals surface area (Å²) in [6.07, 6.45) is 4.61. The highest BCUT2D eigenvalue weighted by atomic mass is 15.1. The average molecular weight is 244 g/mol. The molecule has 18 heavy (non-hydrogen) atoms. The molecule has 0 spiro atoms. The molecule has 1 fully saturated rings. The van der Waals surface area contributed by atoms with E-state index in [4.69, 9.17) is 10.7 Å². The Balaban J connectivity index is 1.92. The van der Waals surface area contributed by atoms with Gasteiger partial charge in [-0.15, -0.1) is 0 Å². The molecule has 96 valence electrons. The van der Waals surface area contributed by atoms with Gasteiger partial charge in [-0.2, -0.15) is 0 Å². The first kappa shape index (κ1) is 11.5. The van der Waals surface area contributed by atoms with Crippen molar-refractivity contribution >= 4 is 11.5 Å². The van der Waals surface area contributed by atoms with Crippen LogP contribution >= 0.6 is 0 Å². The molecular weight excluding hydrogens is 224 g/mol. The summed E-state index contributed by atoms with van der Waals surface area (Å²) < 4.78 is 1.99. The van der Waals surface area contributed by atoms with Crippen molar-refractivity contribution in [1.29, 1.82) is 0 Å². The van der Waals surface area contributed by atoms with Crippen LogP contribution in [0.4, 0.5) is 5.82 Å². The van der Waals surface area contributed by atoms with E-state index in [0.717, 1.165) is 24.6 Å². The third-order valence-corrected chi connectivity index (χ3v) is 3.91. The summed E-state index contributed by atoms with van der Waals surface area (Å²) in [4.78, 5) is 7.22. The molecule has 2 aromatic rings. The van der Waals surface area contributed by atoms with Gasteiger partial charge >= 0.3 is 0 Å². The van der Waals surface area contributed by atoms with Gasteiger partial charge in [0.15, 0.2) is 0 Å². The summed E-state index contributed by atoms with van der Waals surface area (Å²) in [5.41, 5.74) is 8.11. The van der Waals surface area contributed by atoms with Crippen LogP contribution in [0, 0.1) is 0 Å². The van der Waals surface area contributed by atoms with Gasteiger partial charge in [-0.05, 0) is 38.1 Å². The van der Waals surface area contributed by atoms with Crippen molar-refractivity contribution in [2.24, 2.45) is 0 Å². The van der Waals surface area contributed by atoms with Gasteiger partial charge in [0.2, 0.25) is 0 Å². The van der Waals surface area contributed by atoms with E-state index in [1.54, 1.807) is 0 Å². The number of aromatic nitrogens is 2. The molecule has 0 amide bonds. The average Bonchev–Trinajstić information content (AvgIpc) is 2.84. The Bertz CT molecular complexity index is 546. The molecule has 1 aliphatic heterocycles. The van der Waals surface area contributed by atoms with E-state index >= 15 is 0 Å². The molecule has 4 nitrogen and oxygen atoms in total. The molecule has 0 radical (unpaired) electrons. The molecule has 1 unspecified atom stereocenters. The van der Waals surface area contributed by atoms with Gasteiger partial charge in [-0.25, -0.2) is 4.98 Å². The number of imidazole rings is 1. The number of nitrogen functional groups attached to an aromatic ring is 1. The first-order valence-corrected chi connectivity index (χ1v) is 6.73. The Morgan fingerprint density at radius 1 is 1.44 bits per heavy atom. The number of likely N-dealkylation sites (tertiary alicyclic amines) is 1. The summed E-state index contributed by atoms with van der Waals surface area (Å²) in [5.74, 6) is 1.31. The van der Waals surface area contributed by atoms with Crippen molar-refractivity contribution in [3.63, 3.8) is 0 Å². The maximum atomic E-state index is 5.97. The lowest BCUT2D eigenvalue weighted by Gasteiger charge is -2.30. The largest absolute Gasteiger partial charge is 0.385 e. The fourth-order valence-electron chi connectivity index (χ4n) is 2.83. The number of likely N-dealkylation sites (N-methyl/N-ethyl adjacent to an activating group) is 1. The van der Waals surface area contributed by atoms with Crippen molar-refractivity contribution in [3.8, 4) is 0 Å². The predicted molar refractivity (Wildman–Crippen MR) is 73.7 cm³/mol. The lowest BCUT2D eigenvalue weighted by atomic mass is 9.95. The van der Waals surface area contributed by atoms with Crippen LogP contribution in [-0.2, 0) is 0 Å². The highest BCUT2D eigenvalue weighted by molar-refractivity contribution is 5.49. The molecule has 0 bridgehead atoms. The topological polar surface area (TPSA) is 46.6 Å². The smallest absolute Gasteiger partial charge is 0.138 e. The molecule has 3 rings (SSSR count). The number of hydrogen-bond donors (Lipinski definition) is 1. The first-order chi connectivity index (χ1) is 8.78. The van der Waals surface area contributed by atoms with Gasteiger partial charge in [0.1, 0.15) is 11.5 Å². The summed E-state index contributed by atoms with van der Waals surface area (Å²) in [5, 5.41) is 0. The number of fused-ring (bicyclic) bond motifs is 1. The van der Waals surface area contributed by atoms with Crippen molar-refractivity contribution in [1.82, 2.24) is 14.3 Å². The van der Waals surface area contributed by atoms with E-state index < -0.39 is 0 Å². The molecule has 0 saturated carbocycles. The number of nitrogens with zero attached hydrogens (tertiary/aromatic N) is 3. The van der Waals surface area contributed by atoms with Gasteiger partial charge < -0.3 is 10.6 Å². The fraction of sp³-hybridized carbons (Fsp3) is 0.500. The molecule has 2 aromatic heterocycles. The lowest BCUT2D eigenvalue weighted by molar-refractivity contribution is 0.216. The number of rotatable bonds is 2. The van der Waals surface area contributed by atoms with Crippen molar-refractivity contribution in [2.75, 3.05) is 25.4 Å². The van der Waals surface area contributed by atoms with Crippen molar-refractivity contribution < 1.29 is 0 Å². The van der Waals surface area contributed by atoms with Crippen LogP contribution in [0.1, 0.15) is 31.4 Å². The SMILES string of the molecule is CCN1CCCC(c2cn3c(N)cccc3n2)C1. The molecule has 2 N–H and O–H groups in total. The second-order valence-electron chi connectivity index (χ2n) is 5.08. The minimum Gasteiger partial charge on any atom is -0.385 e. The van der Waals surface area contributed by atoms with E-state index in [9.17, 15) is 0 Å². The number of hydrogen-bond acceptors (Lipinski definition) is 3. The normalized spacial score (nSPS) is 21.5. The number of nitrogens with two attached hydrogens (primary N) is 1. The van der Waals surface area contributed by atoms with E-state index in [2.05, 4.69) is 18.0 Å². The first-order valence-electron chi connectivity index (χ1n) is 6.73. The summed E-state index contributed by atoms with van der Waals surface area (Å²) in [6, 6.07) is 5.89. The number of pyridine rings is 1. The van der Waals surface area contributed by atoms with Crippen LogP contribution in [0.25, 0.3) is 5.65 Å². The van der Waals surface area contributed by atoms with Gasteiger partial charge in [0, 0.05) is 18.7 Å². The highest BCUT2D eigenvalue weighted by Gasteiger charge is 2.22. The van der Waals surface area contributed by atoms with Gasteiger partial charge in [0.25, 0.3) is 0 Å². The van der Waals surface area contributed by atoms with Crippen LogP contribution in [0.5, 0.6) is 0 Å². The molecule has 4 heteroatoms. The molecule has 1 atom stereocenters. The van der Waals surface area contributed by atoms with E-state index in [1.807, 2.05) is 22.6 Å². The van der Waals surface area contributed by atoms with E-state index in [0.29, 0.717) is 5.92 Å². The summed E-state index contributed by atoms with van der Waals surface area (Å²) in [7, 11) is 0. The zero-order valence-electron chi connectivity index (χ0n) is 10.8. The number of piperidine rings is 1. The summed E-state index contributed by atoms with van der Waals surface area (Å²) in [6.45, 7) is 5.71. The van der Waals surface area contributed by atoms with E-state index in [1.165, 1.54) is 25.1 Å². The Kier molecular flexibility index (Phi) is 2.96. The Hall–Kier alpha value is -1.55. The monoisotopic (exact) mass is 244 g/mol. The van der Waals surface area contributed by atoms with Crippen LogP contribution in [0.3, 0.4) is 0 Å². The van der Waals surface area contributed by atoms with Gasteiger partial charge in [0.05, 0.1) is 5.69 Å². The van der Waals surface area contributed by atoms with Crippen LogP contribution in [0.15, 0.2) is 24.4 Å². The van der Waals surface area contributed by atoms with Crippen LogP contribution < -0.4 is 5.73 Å². The third-order valence-electron chi connectivity index (χ3n) is 3.91. The lowest BCUT2D eigenvalue weighted by Crippen LogP contribution is -2.34. The molecule has 0 aromatic carbocycles.